The molecule has 0 spiro atoms. The van der Waals surface area contributed by atoms with Crippen molar-refractivity contribution >= 4 is 46.7 Å². The van der Waals surface area contributed by atoms with Crippen molar-refractivity contribution in [1.29, 1.82) is 0 Å². The summed E-state index contributed by atoms with van der Waals surface area (Å²) in [6.45, 7) is 0.436. The third-order valence-electron chi connectivity index (χ3n) is 4.08. The summed E-state index contributed by atoms with van der Waals surface area (Å²) in [5.74, 6) is -0.257. The summed E-state index contributed by atoms with van der Waals surface area (Å²) in [7, 11) is 0. The molecule has 1 amide bonds. The molecule has 0 bridgehead atoms. The van der Waals surface area contributed by atoms with Gasteiger partial charge in [0.2, 0.25) is 5.95 Å². The van der Waals surface area contributed by atoms with Crippen LogP contribution in [0.4, 0.5) is 5.95 Å². The van der Waals surface area contributed by atoms with Crippen molar-refractivity contribution < 1.29 is 4.79 Å². The number of nitrogens with one attached hydrogen (secondary N) is 2. The Morgan fingerprint density at radius 1 is 1.07 bits per heavy atom. The van der Waals surface area contributed by atoms with Crippen LogP contribution in [0.5, 0.6) is 0 Å². The van der Waals surface area contributed by atoms with Gasteiger partial charge in [-0.25, -0.2) is 9.67 Å². The fourth-order valence-corrected chi connectivity index (χ4v) is 3.37. The topological polar surface area (TPSA) is 88.5 Å². The SMILES string of the molecule is O=C(Nc1ncn(Cc2ccccc2Cl)n1)c1cc(-c2ccc(Cl)cc2Cl)n[nH]1. The summed E-state index contributed by atoms with van der Waals surface area (Å²) in [5, 5.41) is 15.3. The van der Waals surface area contributed by atoms with Crippen LogP contribution in [0.2, 0.25) is 15.1 Å². The molecule has 29 heavy (non-hydrogen) atoms. The van der Waals surface area contributed by atoms with Crippen molar-refractivity contribution in [2.75, 3.05) is 5.32 Å². The highest BCUT2D eigenvalue weighted by Crippen LogP contribution is 2.29. The quantitative estimate of drug-likeness (QED) is 0.454. The van der Waals surface area contributed by atoms with Gasteiger partial charge in [-0.1, -0.05) is 53.0 Å². The van der Waals surface area contributed by atoms with E-state index in [0.29, 0.717) is 32.9 Å². The van der Waals surface area contributed by atoms with Crippen molar-refractivity contribution in [3.05, 3.63) is 81.2 Å². The predicted molar refractivity (Wildman–Crippen MR) is 113 cm³/mol. The largest absolute Gasteiger partial charge is 0.288 e. The Hall–Kier alpha value is -2.87. The van der Waals surface area contributed by atoms with Crippen LogP contribution in [-0.2, 0) is 6.54 Å². The molecule has 4 aromatic rings. The van der Waals surface area contributed by atoms with Gasteiger partial charge in [-0.2, -0.15) is 5.10 Å². The number of amides is 1. The highest BCUT2D eigenvalue weighted by molar-refractivity contribution is 6.36. The predicted octanol–water partition coefficient (Wildman–Crippen LogP) is 4.93. The average Bonchev–Trinajstić information content (AvgIpc) is 3.33. The molecular weight excluding hydrogens is 435 g/mol. The fourth-order valence-electron chi connectivity index (χ4n) is 2.67. The molecule has 4 rings (SSSR count). The van der Waals surface area contributed by atoms with Crippen LogP contribution < -0.4 is 5.32 Å². The maximum atomic E-state index is 12.5. The number of halogens is 3. The zero-order valence-electron chi connectivity index (χ0n) is 14.7. The average molecular weight is 448 g/mol. The Balaban J connectivity index is 1.46. The molecule has 0 aliphatic heterocycles. The van der Waals surface area contributed by atoms with E-state index in [1.165, 1.54) is 6.33 Å². The molecule has 7 nitrogen and oxygen atoms in total. The number of nitrogens with zero attached hydrogens (tertiary/aromatic N) is 4. The molecule has 2 N–H and O–H groups in total. The molecule has 0 aliphatic carbocycles. The molecule has 0 atom stereocenters. The van der Waals surface area contributed by atoms with Crippen LogP contribution in [0.15, 0.2) is 54.9 Å². The van der Waals surface area contributed by atoms with Crippen LogP contribution in [-0.4, -0.2) is 30.9 Å². The lowest BCUT2D eigenvalue weighted by Crippen LogP contribution is -2.14. The Labute approximate surface area is 180 Å². The van der Waals surface area contributed by atoms with E-state index in [9.17, 15) is 4.79 Å². The number of benzene rings is 2. The summed E-state index contributed by atoms with van der Waals surface area (Å²) in [6, 6.07) is 14.1. The van der Waals surface area contributed by atoms with Crippen LogP contribution >= 0.6 is 34.8 Å². The van der Waals surface area contributed by atoms with Gasteiger partial charge in [-0.05, 0) is 35.9 Å². The summed E-state index contributed by atoms with van der Waals surface area (Å²) in [6.07, 6.45) is 1.52. The molecule has 0 radical (unpaired) electrons. The summed E-state index contributed by atoms with van der Waals surface area (Å²) in [4.78, 5) is 16.6. The number of aromatic amines is 1. The number of H-pyrrole nitrogens is 1. The normalized spacial score (nSPS) is 10.9. The van der Waals surface area contributed by atoms with E-state index in [1.54, 1.807) is 35.0 Å². The number of carbonyl (C=O) groups is 1. The monoisotopic (exact) mass is 446 g/mol. The lowest BCUT2D eigenvalue weighted by Gasteiger charge is -2.03. The van der Waals surface area contributed by atoms with Gasteiger partial charge < -0.3 is 0 Å². The number of carbonyl (C=O) groups excluding carboxylic acids is 1. The zero-order chi connectivity index (χ0) is 20.4. The summed E-state index contributed by atoms with van der Waals surface area (Å²) < 4.78 is 1.59. The number of aromatic nitrogens is 5. The second-order valence-electron chi connectivity index (χ2n) is 6.10. The molecule has 0 saturated heterocycles. The zero-order valence-corrected chi connectivity index (χ0v) is 17.0. The van der Waals surface area contributed by atoms with E-state index < -0.39 is 5.91 Å². The van der Waals surface area contributed by atoms with E-state index in [-0.39, 0.29) is 11.6 Å². The molecule has 2 heterocycles. The Morgan fingerprint density at radius 3 is 2.69 bits per heavy atom. The van der Waals surface area contributed by atoms with Crippen LogP contribution in [0, 0.1) is 0 Å². The highest BCUT2D eigenvalue weighted by Gasteiger charge is 2.15. The maximum absolute atomic E-state index is 12.5. The van der Waals surface area contributed by atoms with E-state index in [1.807, 2.05) is 18.2 Å². The third kappa shape index (κ3) is 4.42. The van der Waals surface area contributed by atoms with E-state index in [2.05, 4.69) is 25.6 Å². The molecule has 0 saturated carbocycles. The van der Waals surface area contributed by atoms with Gasteiger partial charge >= 0.3 is 0 Å². The van der Waals surface area contributed by atoms with Crippen LogP contribution in [0.1, 0.15) is 16.1 Å². The van der Waals surface area contributed by atoms with Gasteiger partial charge in [0.1, 0.15) is 12.0 Å². The molecule has 0 fully saturated rings. The van der Waals surface area contributed by atoms with Crippen LogP contribution in [0.25, 0.3) is 11.3 Å². The van der Waals surface area contributed by atoms with Crippen LogP contribution in [0.3, 0.4) is 0 Å². The lowest BCUT2D eigenvalue weighted by atomic mass is 10.1. The minimum absolute atomic E-state index is 0.169. The lowest BCUT2D eigenvalue weighted by molar-refractivity contribution is 0.102. The first-order chi connectivity index (χ1) is 14.0. The molecule has 146 valence electrons. The van der Waals surface area contributed by atoms with E-state index in [0.717, 1.165) is 5.56 Å². The maximum Gasteiger partial charge on any atom is 0.276 e. The molecular formula is C19H13Cl3N6O. The second-order valence-corrected chi connectivity index (χ2v) is 7.35. The number of anilines is 1. The molecule has 0 aliphatic rings. The Morgan fingerprint density at radius 2 is 1.90 bits per heavy atom. The Bertz CT molecular complexity index is 1190. The summed E-state index contributed by atoms with van der Waals surface area (Å²) in [5.41, 5.74) is 2.33. The Kier molecular flexibility index (Phi) is 5.53. The number of rotatable bonds is 5. The standard InChI is InChI=1S/C19H13Cl3N6O/c20-12-5-6-13(15(22)7-12)16-8-17(26-25-16)18(29)24-19-23-10-28(27-19)9-11-3-1-2-4-14(11)21/h1-8,10H,9H2,(H,25,26)(H,24,27,29). The number of hydrogen-bond donors (Lipinski definition) is 2. The summed E-state index contributed by atoms with van der Waals surface area (Å²) >= 11 is 18.3. The molecule has 2 aromatic heterocycles. The minimum Gasteiger partial charge on any atom is -0.288 e. The van der Waals surface area contributed by atoms with Crippen molar-refractivity contribution in [3.8, 4) is 11.3 Å². The van der Waals surface area contributed by atoms with Gasteiger partial charge in [-0.15, -0.1) is 5.10 Å². The minimum atomic E-state index is -0.427. The van der Waals surface area contributed by atoms with E-state index in [4.69, 9.17) is 34.8 Å². The van der Waals surface area contributed by atoms with Crippen molar-refractivity contribution in [1.82, 2.24) is 25.0 Å². The van der Waals surface area contributed by atoms with Crippen molar-refractivity contribution in [3.63, 3.8) is 0 Å². The van der Waals surface area contributed by atoms with Gasteiger partial charge in [0.15, 0.2) is 0 Å². The number of hydrogen-bond acceptors (Lipinski definition) is 4. The molecule has 0 unspecified atom stereocenters. The van der Waals surface area contributed by atoms with Gasteiger partial charge in [0, 0.05) is 15.6 Å². The van der Waals surface area contributed by atoms with Gasteiger partial charge in [0.05, 0.1) is 17.3 Å². The van der Waals surface area contributed by atoms with E-state index >= 15 is 0 Å². The molecule has 10 heteroatoms. The molecule has 2 aromatic carbocycles. The van der Waals surface area contributed by atoms with Gasteiger partial charge in [-0.3, -0.25) is 15.2 Å². The van der Waals surface area contributed by atoms with Gasteiger partial charge in [0.25, 0.3) is 5.91 Å². The first-order valence-electron chi connectivity index (χ1n) is 8.44. The first-order valence-corrected chi connectivity index (χ1v) is 9.58. The first kappa shape index (κ1) is 19.4. The smallest absolute Gasteiger partial charge is 0.276 e. The highest BCUT2D eigenvalue weighted by atomic mass is 35.5. The van der Waals surface area contributed by atoms with Crippen molar-refractivity contribution in [2.24, 2.45) is 0 Å². The third-order valence-corrected chi connectivity index (χ3v) is 5.00. The van der Waals surface area contributed by atoms with Crippen molar-refractivity contribution in [2.45, 2.75) is 6.54 Å². The second kappa shape index (κ2) is 8.24. The fraction of sp³-hybridized carbons (Fsp3) is 0.0526.